The lowest BCUT2D eigenvalue weighted by molar-refractivity contribution is -0.126. The average molecular weight is 340 g/mol. The van der Waals surface area contributed by atoms with Crippen molar-refractivity contribution in [3.05, 3.63) is 71.8 Å². The van der Waals surface area contributed by atoms with Crippen LogP contribution < -0.4 is 10.6 Å². The van der Waals surface area contributed by atoms with Gasteiger partial charge in [0.15, 0.2) is 0 Å². The quantitative estimate of drug-likeness (QED) is 0.687. The fraction of sp³-hybridized carbons (Fsp3) is 0.300. The van der Waals surface area contributed by atoms with Crippen LogP contribution in [0.15, 0.2) is 60.7 Å². The molecule has 0 fully saturated rings. The molecule has 0 saturated carbocycles. The highest BCUT2D eigenvalue weighted by atomic mass is 16.5. The van der Waals surface area contributed by atoms with Gasteiger partial charge in [-0.15, -0.1) is 0 Å². The first-order valence-corrected chi connectivity index (χ1v) is 8.33. The van der Waals surface area contributed by atoms with Gasteiger partial charge in [0, 0.05) is 26.0 Å². The molecule has 0 aliphatic rings. The van der Waals surface area contributed by atoms with Crippen molar-refractivity contribution in [2.75, 3.05) is 26.8 Å². The first-order chi connectivity index (χ1) is 12.2. The minimum atomic E-state index is -0.221. The Morgan fingerprint density at radius 2 is 1.44 bits per heavy atom. The molecule has 132 valence electrons. The number of hydrogen-bond donors (Lipinski definition) is 2. The lowest BCUT2D eigenvalue weighted by Crippen LogP contribution is -2.38. The largest absolute Gasteiger partial charge is 0.383 e. The summed E-state index contributed by atoms with van der Waals surface area (Å²) in [7, 11) is 1.57. The summed E-state index contributed by atoms with van der Waals surface area (Å²) >= 11 is 0. The van der Waals surface area contributed by atoms with Gasteiger partial charge in [-0.2, -0.15) is 0 Å². The van der Waals surface area contributed by atoms with Gasteiger partial charge in [-0.1, -0.05) is 60.7 Å². The summed E-state index contributed by atoms with van der Waals surface area (Å²) in [4.78, 5) is 24.0. The molecule has 0 radical (unpaired) electrons. The molecule has 2 N–H and O–H groups in total. The SMILES string of the molecule is COCCNC(=O)CNC(=O)CC(c1ccccc1)c1ccccc1. The van der Waals surface area contributed by atoms with Gasteiger partial charge in [0.2, 0.25) is 11.8 Å². The van der Waals surface area contributed by atoms with Crippen molar-refractivity contribution in [1.29, 1.82) is 0 Å². The zero-order chi connectivity index (χ0) is 17.9. The summed E-state index contributed by atoms with van der Waals surface area (Å²) in [5, 5.41) is 5.36. The first-order valence-electron chi connectivity index (χ1n) is 8.33. The van der Waals surface area contributed by atoms with Crippen molar-refractivity contribution in [1.82, 2.24) is 10.6 Å². The molecule has 0 bridgehead atoms. The molecule has 0 heterocycles. The number of benzene rings is 2. The molecule has 2 aromatic rings. The van der Waals surface area contributed by atoms with E-state index in [2.05, 4.69) is 10.6 Å². The number of hydrogen-bond acceptors (Lipinski definition) is 3. The van der Waals surface area contributed by atoms with Crippen molar-refractivity contribution in [2.24, 2.45) is 0 Å². The normalized spacial score (nSPS) is 10.5. The zero-order valence-corrected chi connectivity index (χ0v) is 14.4. The topological polar surface area (TPSA) is 67.4 Å². The van der Waals surface area contributed by atoms with Gasteiger partial charge in [-0.25, -0.2) is 0 Å². The predicted octanol–water partition coefficient (Wildman–Crippen LogP) is 2.09. The van der Waals surface area contributed by atoms with Crippen LogP contribution in [0.4, 0.5) is 0 Å². The van der Waals surface area contributed by atoms with Crippen LogP contribution in [0.25, 0.3) is 0 Å². The van der Waals surface area contributed by atoms with Crippen LogP contribution in [-0.2, 0) is 14.3 Å². The number of carbonyl (C=O) groups excluding carboxylic acids is 2. The van der Waals surface area contributed by atoms with Gasteiger partial charge >= 0.3 is 0 Å². The summed E-state index contributed by atoms with van der Waals surface area (Å²) in [5.74, 6) is -0.417. The molecule has 0 spiro atoms. The second-order valence-corrected chi connectivity index (χ2v) is 5.70. The summed E-state index contributed by atoms with van der Waals surface area (Å²) in [6, 6.07) is 19.8. The Balaban J connectivity index is 1.95. The van der Waals surface area contributed by atoms with Gasteiger partial charge in [0.25, 0.3) is 0 Å². The fourth-order valence-electron chi connectivity index (χ4n) is 2.59. The van der Waals surface area contributed by atoms with E-state index in [0.717, 1.165) is 11.1 Å². The minimum absolute atomic E-state index is 0.0289. The maximum Gasteiger partial charge on any atom is 0.239 e. The van der Waals surface area contributed by atoms with Crippen molar-refractivity contribution >= 4 is 11.8 Å². The Morgan fingerprint density at radius 1 is 0.880 bits per heavy atom. The maximum absolute atomic E-state index is 12.3. The smallest absolute Gasteiger partial charge is 0.239 e. The van der Waals surface area contributed by atoms with E-state index in [1.54, 1.807) is 7.11 Å². The Bertz CT molecular complexity index is 620. The molecule has 0 saturated heterocycles. The van der Waals surface area contributed by atoms with Crippen LogP contribution in [0.2, 0.25) is 0 Å². The van der Waals surface area contributed by atoms with Crippen molar-refractivity contribution in [3.8, 4) is 0 Å². The van der Waals surface area contributed by atoms with Gasteiger partial charge in [-0.05, 0) is 11.1 Å². The molecular formula is C20H24N2O3. The van der Waals surface area contributed by atoms with Crippen LogP contribution in [0, 0.1) is 0 Å². The summed E-state index contributed by atoms with van der Waals surface area (Å²) in [6.45, 7) is 0.852. The molecular weight excluding hydrogens is 316 g/mol. The van der Waals surface area contributed by atoms with Crippen molar-refractivity contribution in [3.63, 3.8) is 0 Å². The molecule has 0 atom stereocenters. The third kappa shape index (κ3) is 6.39. The molecule has 0 unspecified atom stereocenters. The monoisotopic (exact) mass is 340 g/mol. The third-order valence-corrected chi connectivity index (χ3v) is 3.87. The second-order valence-electron chi connectivity index (χ2n) is 5.70. The molecule has 0 aliphatic heterocycles. The van der Waals surface area contributed by atoms with Crippen molar-refractivity contribution < 1.29 is 14.3 Å². The van der Waals surface area contributed by atoms with Crippen molar-refractivity contribution in [2.45, 2.75) is 12.3 Å². The number of amides is 2. The van der Waals surface area contributed by atoms with Crippen LogP contribution in [-0.4, -0.2) is 38.6 Å². The standard InChI is InChI=1S/C20H24N2O3/c1-25-13-12-21-20(24)15-22-19(23)14-18(16-8-4-2-5-9-16)17-10-6-3-7-11-17/h2-11,18H,12-15H2,1H3,(H,21,24)(H,22,23). The van der Waals surface area contributed by atoms with Gasteiger partial charge in [0.05, 0.1) is 13.2 Å². The molecule has 2 rings (SSSR count). The Labute approximate surface area is 148 Å². The average Bonchev–Trinajstić information content (AvgIpc) is 2.66. The Hall–Kier alpha value is -2.66. The highest BCUT2D eigenvalue weighted by Crippen LogP contribution is 2.27. The van der Waals surface area contributed by atoms with E-state index in [1.807, 2.05) is 60.7 Å². The van der Waals surface area contributed by atoms with Gasteiger partial charge < -0.3 is 15.4 Å². The highest BCUT2D eigenvalue weighted by Gasteiger charge is 2.18. The number of ether oxygens (including phenoxy) is 1. The first kappa shape index (κ1) is 18.7. The summed E-state index contributed by atoms with van der Waals surface area (Å²) < 4.78 is 4.87. The highest BCUT2D eigenvalue weighted by molar-refractivity contribution is 5.85. The third-order valence-electron chi connectivity index (χ3n) is 3.87. The lowest BCUT2D eigenvalue weighted by atomic mass is 9.88. The number of nitrogens with one attached hydrogen (secondary N) is 2. The second kappa shape index (κ2) is 10.3. The summed E-state index contributed by atoms with van der Waals surface area (Å²) in [6.07, 6.45) is 0.291. The van der Waals surface area contributed by atoms with Crippen LogP contribution in [0.5, 0.6) is 0 Å². The molecule has 2 amide bonds. The number of methoxy groups -OCH3 is 1. The summed E-state index contributed by atoms with van der Waals surface area (Å²) in [5.41, 5.74) is 2.15. The van der Waals surface area contributed by atoms with E-state index >= 15 is 0 Å². The van der Waals surface area contributed by atoms with E-state index in [9.17, 15) is 9.59 Å². The van der Waals surface area contributed by atoms with Crippen LogP contribution in [0.1, 0.15) is 23.5 Å². The molecule has 0 aromatic heterocycles. The molecule has 2 aromatic carbocycles. The van der Waals surface area contributed by atoms with Gasteiger partial charge in [0.1, 0.15) is 0 Å². The molecule has 0 aliphatic carbocycles. The van der Waals surface area contributed by atoms with E-state index in [0.29, 0.717) is 19.6 Å². The Morgan fingerprint density at radius 3 is 1.96 bits per heavy atom. The Kier molecular flexibility index (Phi) is 7.66. The molecule has 5 nitrogen and oxygen atoms in total. The van der Waals surface area contributed by atoms with E-state index in [4.69, 9.17) is 4.74 Å². The van der Waals surface area contributed by atoms with E-state index in [-0.39, 0.29) is 24.3 Å². The number of carbonyl (C=O) groups is 2. The maximum atomic E-state index is 12.3. The molecule has 25 heavy (non-hydrogen) atoms. The fourth-order valence-corrected chi connectivity index (χ4v) is 2.59. The number of rotatable bonds is 9. The van der Waals surface area contributed by atoms with Crippen LogP contribution in [0.3, 0.4) is 0 Å². The minimum Gasteiger partial charge on any atom is -0.383 e. The molecule has 5 heteroatoms. The van der Waals surface area contributed by atoms with E-state index in [1.165, 1.54) is 0 Å². The van der Waals surface area contributed by atoms with Crippen LogP contribution >= 0.6 is 0 Å². The predicted molar refractivity (Wildman–Crippen MR) is 97.2 cm³/mol. The van der Waals surface area contributed by atoms with E-state index < -0.39 is 0 Å². The van der Waals surface area contributed by atoms with Gasteiger partial charge in [-0.3, -0.25) is 9.59 Å². The lowest BCUT2D eigenvalue weighted by Gasteiger charge is -2.18. The zero-order valence-electron chi connectivity index (χ0n) is 14.4.